The Labute approximate surface area is 158 Å². The Balaban J connectivity index is 1.39. The average molecular weight is 384 g/mol. The SMILES string of the molecule is O=S(=O)(c1ccc(NCc2ccc(-n3ccnc3)nc2)nc1)N1CCCC1. The van der Waals surface area contributed by atoms with Gasteiger partial charge in [0.05, 0.1) is 0 Å². The number of imidazole rings is 1. The number of rotatable bonds is 6. The van der Waals surface area contributed by atoms with Crippen LogP contribution in [0.3, 0.4) is 0 Å². The third kappa shape index (κ3) is 3.83. The number of nitrogens with zero attached hydrogens (tertiary/aromatic N) is 5. The highest BCUT2D eigenvalue weighted by atomic mass is 32.2. The maximum Gasteiger partial charge on any atom is 0.244 e. The Morgan fingerprint density at radius 1 is 1.04 bits per heavy atom. The molecule has 0 aliphatic carbocycles. The lowest BCUT2D eigenvalue weighted by Crippen LogP contribution is -2.27. The molecule has 3 aromatic heterocycles. The number of aromatic nitrogens is 4. The molecule has 0 radical (unpaired) electrons. The molecule has 4 rings (SSSR count). The lowest BCUT2D eigenvalue weighted by molar-refractivity contribution is 0.477. The zero-order valence-electron chi connectivity index (χ0n) is 14.7. The van der Waals surface area contributed by atoms with E-state index in [1.54, 1.807) is 30.9 Å². The molecule has 0 saturated carbocycles. The summed E-state index contributed by atoms with van der Waals surface area (Å²) in [6, 6.07) is 7.18. The standard InChI is InChI=1S/C18H20N6O2S/c25-27(26,24-8-1-2-9-24)16-4-5-17(21-13-16)20-11-15-3-6-18(22-12-15)23-10-7-19-14-23/h3-7,10,12-14H,1-2,8-9,11H2,(H,20,21). The fourth-order valence-electron chi connectivity index (χ4n) is 2.98. The highest BCUT2D eigenvalue weighted by Gasteiger charge is 2.27. The highest BCUT2D eigenvalue weighted by Crippen LogP contribution is 2.21. The second-order valence-electron chi connectivity index (χ2n) is 6.34. The fraction of sp³-hybridized carbons (Fsp3) is 0.278. The van der Waals surface area contributed by atoms with Gasteiger partial charge in [0.15, 0.2) is 0 Å². The second-order valence-corrected chi connectivity index (χ2v) is 8.28. The van der Waals surface area contributed by atoms with Crippen LogP contribution in [0.5, 0.6) is 0 Å². The number of hydrogen-bond acceptors (Lipinski definition) is 6. The topological polar surface area (TPSA) is 93.0 Å². The summed E-state index contributed by atoms with van der Waals surface area (Å²) in [4.78, 5) is 12.9. The first kappa shape index (κ1) is 17.6. The molecule has 27 heavy (non-hydrogen) atoms. The van der Waals surface area contributed by atoms with Crippen molar-refractivity contribution in [3.8, 4) is 5.82 Å². The van der Waals surface area contributed by atoms with Crippen LogP contribution >= 0.6 is 0 Å². The van der Waals surface area contributed by atoms with Crippen LogP contribution in [0, 0.1) is 0 Å². The summed E-state index contributed by atoms with van der Waals surface area (Å²) in [6.07, 6.45) is 10.3. The molecule has 140 valence electrons. The molecule has 1 fully saturated rings. The quantitative estimate of drug-likeness (QED) is 0.699. The molecule has 8 nitrogen and oxygen atoms in total. The van der Waals surface area contributed by atoms with Crippen molar-refractivity contribution in [2.24, 2.45) is 0 Å². The van der Waals surface area contributed by atoms with Gasteiger partial charge in [-0.15, -0.1) is 0 Å². The van der Waals surface area contributed by atoms with E-state index in [9.17, 15) is 8.42 Å². The first-order chi connectivity index (χ1) is 13.1. The van der Waals surface area contributed by atoms with Crippen molar-refractivity contribution in [2.75, 3.05) is 18.4 Å². The minimum atomic E-state index is -3.42. The second kappa shape index (κ2) is 7.45. The summed E-state index contributed by atoms with van der Waals surface area (Å²) in [6.45, 7) is 1.72. The van der Waals surface area contributed by atoms with Gasteiger partial charge in [-0.2, -0.15) is 4.31 Å². The van der Waals surface area contributed by atoms with E-state index in [2.05, 4.69) is 20.3 Å². The van der Waals surface area contributed by atoms with Gasteiger partial charge in [0.25, 0.3) is 0 Å². The molecule has 0 aromatic carbocycles. The first-order valence-electron chi connectivity index (χ1n) is 8.76. The highest BCUT2D eigenvalue weighted by molar-refractivity contribution is 7.89. The Hall–Kier alpha value is -2.78. The van der Waals surface area contributed by atoms with E-state index in [0.717, 1.165) is 24.2 Å². The van der Waals surface area contributed by atoms with Crippen LogP contribution in [0.2, 0.25) is 0 Å². The summed E-state index contributed by atoms with van der Waals surface area (Å²) in [5.41, 5.74) is 0.995. The van der Waals surface area contributed by atoms with Gasteiger partial charge < -0.3 is 5.32 Å². The van der Waals surface area contributed by atoms with Gasteiger partial charge in [0, 0.05) is 44.4 Å². The van der Waals surface area contributed by atoms with E-state index in [1.165, 1.54) is 10.5 Å². The minimum Gasteiger partial charge on any atom is -0.366 e. The van der Waals surface area contributed by atoms with E-state index >= 15 is 0 Å². The zero-order valence-corrected chi connectivity index (χ0v) is 15.5. The molecule has 1 aliphatic rings. The molecular weight excluding hydrogens is 364 g/mol. The lowest BCUT2D eigenvalue weighted by atomic mass is 10.3. The fourth-order valence-corrected chi connectivity index (χ4v) is 4.44. The van der Waals surface area contributed by atoms with Crippen LogP contribution in [0.4, 0.5) is 5.82 Å². The summed E-state index contributed by atoms with van der Waals surface area (Å²) in [5, 5.41) is 3.18. The van der Waals surface area contributed by atoms with Crippen molar-refractivity contribution in [3.63, 3.8) is 0 Å². The van der Waals surface area contributed by atoms with Crippen molar-refractivity contribution in [2.45, 2.75) is 24.3 Å². The van der Waals surface area contributed by atoms with Gasteiger partial charge in [-0.1, -0.05) is 6.07 Å². The number of anilines is 1. The number of sulfonamides is 1. The van der Waals surface area contributed by atoms with Crippen LogP contribution in [0.25, 0.3) is 5.82 Å². The Bertz CT molecular complexity index is 979. The molecule has 0 amide bonds. The van der Waals surface area contributed by atoms with E-state index in [1.807, 2.05) is 22.9 Å². The minimum absolute atomic E-state index is 0.237. The third-order valence-electron chi connectivity index (χ3n) is 4.49. The molecular formula is C18H20N6O2S. The van der Waals surface area contributed by atoms with E-state index in [0.29, 0.717) is 25.5 Å². The first-order valence-corrected chi connectivity index (χ1v) is 10.2. The van der Waals surface area contributed by atoms with Crippen LogP contribution in [-0.2, 0) is 16.6 Å². The molecule has 1 N–H and O–H groups in total. The van der Waals surface area contributed by atoms with E-state index in [-0.39, 0.29) is 4.90 Å². The predicted octanol–water partition coefficient (Wildman–Crippen LogP) is 2.06. The molecule has 0 unspecified atom stereocenters. The van der Waals surface area contributed by atoms with Crippen LogP contribution < -0.4 is 5.32 Å². The molecule has 0 bridgehead atoms. The normalized spacial score (nSPS) is 15.1. The number of pyridine rings is 2. The summed E-state index contributed by atoms with van der Waals surface area (Å²) in [7, 11) is -3.42. The summed E-state index contributed by atoms with van der Waals surface area (Å²) >= 11 is 0. The van der Waals surface area contributed by atoms with Crippen LogP contribution in [0.1, 0.15) is 18.4 Å². The van der Waals surface area contributed by atoms with Crippen molar-refractivity contribution >= 4 is 15.8 Å². The monoisotopic (exact) mass is 384 g/mol. The maximum absolute atomic E-state index is 12.5. The van der Waals surface area contributed by atoms with E-state index in [4.69, 9.17) is 0 Å². The zero-order chi connectivity index (χ0) is 18.7. The van der Waals surface area contributed by atoms with Crippen LogP contribution in [0.15, 0.2) is 60.3 Å². The van der Waals surface area contributed by atoms with Gasteiger partial charge in [-0.05, 0) is 36.6 Å². The van der Waals surface area contributed by atoms with Gasteiger partial charge in [0.1, 0.15) is 22.9 Å². The molecule has 1 aliphatic heterocycles. The molecule has 3 aromatic rings. The molecule has 0 spiro atoms. The van der Waals surface area contributed by atoms with E-state index < -0.39 is 10.0 Å². The van der Waals surface area contributed by atoms with Gasteiger partial charge in [-0.3, -0.25) is 4.57 Å². The van der Waals surface area contributed by atoms with Gasteiger partial charge in [-0.25, -0.2) is 23.4 Å². The number of nitrogens with one attached hydrogen (secondary N) is 1. The molecule has 0 atom stereocenters. The molecule has 1 saturated heterocycles. The Morgan fingerprint density at radius 2 is 1.89 bits per heavy atom. The lowest BCUT2D eigenvalue weighted by Gasteiger charge is -2.15. The Morgan fingerprint density at radius 3 is 2.52 bits per heavy atom. The average Bonchev–Trinajstić information content (AvgIpc) is 3.41. The van der Waals surface area contributed by atoms with Crippen molar-refractivity contribution in [1.29, 1.82) is 0 Å². The van der Waals surface area contributed by atoms with Crippen LogP contribution in [-0.4, -0.2) is 45.3 Å². The summed E-state index contributed by atoms with van der Waals surface area (Å²) < 4.78 is 28.4. The maximum atomic E-state index is 12.5. The smallest absolute Gasteiger partial charge is 0.244 e. The molecule has 4 heterocycles. The third-order valence-corrected chi connectivity index (χ3v) is 6.37. The largest absolute Gasteiger partial charge is 0.366 e. The van der Waals surface area contributed by atoms with Gasteiger partial charge >= 0.3 is 0 Å². The van der Waals surface area contributed by atoms with Crippen molar-refractivity contribution < 1.29 is 8.42 Å². The predicted molar refractivity (Wildman–Crippen MR) is 101 cm³/mol. The summed E-state index contributed by atoms with van der Waals surface area (Å²) in [5.74, 6) is 1.42. The van der Waals surface area contributed by atoms with Crippen molar-refractivity contribution in [3.05, 3.63) is 60.9 Å². The Kier molecular flexibility index (Phi) is 4.87. The van der Waals surface area contributed by atoms with Gasteiger partial charge in [0.2, 0.25) is 10.0 Å². The molecule has 9 heteroatoms. The van der Waals surface area contributed by atoms with Crippen molar-refractivity contribution in [1.82, 2.24) is 23.8 Å². The number of hydrogen-bond donors (Lipinski definition) is 1.